The van der Waals surface area contributed by atoms with E-state index in [-0.39, 0.29) is 5.91 Å². The van der Waals surface area contributed by atoms with Gasteiger partial charge in [-0.3, -0.25) is 4.79 Å². The molecule has 5 nitrogen and oxygen atoms in total. The Balaban J connectivity index is 1.83. The van der Waals surface area contributed by atoms with Crippen LogP contribution in [0.3, 0.4) is 0 Å². The first kappa shape index (κ1) is 17.4. The summed E-state index contributed by atoms with van der Waals surface area (Å²) >= 11 is 4.62. The van der Waals surface area contributed by atoms with Gasteiger partial charge < -0.3 is 9.73 Å². The zero-order valence-electron chi connectivity index (χ0n) is 13.5. The van der Waals surface area contributed by atoms with Crippen LogP contribution in [0.1, 0.15) is 32.7 Å². The second kappa shape index (κ2) is 7.21. The number of carbonyl (C=O) groups is 1. The molecule has 0 saturated heterocycles. The molecule has 1 amide bonds. The smallest absolute Gasteiger partial charge is 0.264 e. The quantitative estimate of drug-likeness (QED) is 0.664. The van der Waals surface area contributed by atoms with Crippen molar-refractivity contribution in [3.63, 3.8) is 0 Å². The third kappa shape index (κ3) is 3.81. The number of benzene rings is 1. The number of nitriles is 1. The van der Waals surface area contributed by atoms with Crippen molar-refractivity contribution in [3.05, 3.63) is 62.8 Å². The van der Waals surface area contributed by atoms with Crippen LogP contribution in [0.4, 0.5) is 0 Å². The second-order valence-corrected chi connectivity index (χ2v) is 7.35. The second-order valence-electron chi connectivity index (χ2n) is 5.43. The number of carbonyl (C=O) groups excluding carboxylic acids is 1. The Labute approximate surface area is 157 Å². The molecule has 0 aliphatic rings. The molecule has 3 rings (SSSR count). The highest BCUT2D eigenvalue weighted by Gasteiger charge is 2.21. The van der Waals surface area contributed by atoms with Crippen LogP contribution in [0.2, 0.25) is 0 Å². The van der Waals surface area contributed by atoms with E-state index in [1.54, 1.807) is 13.0 Å². The number of hydrogen-bond acceptors (Lipinski definition) is 5. The van der Waals surface area contributed by atoms with Crippen LogP contribution in [-0.4, -0.2) is 10.9 Å². The van der Waals surface area contributed by atoms with Gasteiger partial charge in [0.1, 0.15) is 16.7 Å². The van der Waals surface area contributed by atoms with Crippen molar-refractivity contribution in [2.24, 2.45) is 0 Å². The lowest BCUT2D eigenvalue weighted by molar-refractivity contribution is 0.0948. The molecule has 1 atom stereocenters. The number of amides is 1. The molecule has 1 aromatic carbocycles. The van der Waals surface area contributed by atoms with E-state index < -0.39 is 6.04 Å². The van der Waals surface area contributed by atoms with E-state index in [4.69, 9.17) is 4.42 Å². The maximum atomic E-state index is 12.6. The van der Waals surface area contributed by atoms with Crippen molar-refractivity contribution in [3.8, 4) is 16.8 Å². The number of hydrogen-bond donors (Lipinski definition) is 1. The minimum absolute atomic E-state index is 0.323. The summed E-state index contributed by atoms with van der Waals surface area (Å²) in [5, 5.41) is 12.8. The van der Waals surface area contributed by atoms with Gasteiger partial charge in [-0.2, -0.15) is 5.26 Å². The lowest BCUT2D eigenvalue weighted by atomic mass is 10.1. The normalized spacial score (nSPS) is 11.8. The van der Waals surface area contributed by atoms with Gasteiger partial charge in [-0.15, -0.1) is 11.3 Å². The molecule has 25 heavy (non-hydrogen) atoms. The summed E-state index contributed by atoms with van der Waals surface area (Å²) in [4.78, 5) is 17.5. The third-order valence-electron chi connectivity index (χ3n) is 3.54. The number of nitrogens with one attached hydrogen (secondary N) is 1. The van der Waals surface area contributed by atoms with Crippen molar-refractivity contribution in [2.75, 3.05) is 0 Å². The molecular weight excluding hydrogens is 402 g/mol. The van der Waals surface area contributed by atoms with E-state index in [1.807, 2.05) is 37.3 Å². The average molecular weight is 416 g/mol. The first-order valence-corrected chi connectivity index (χ1v) is 9.09. The molecule has 0 fully saturated rings. The molecule has 3 aromatic rings. The Kier molecular flexibility index (Phi) is 5.02. The summed E-state index contributed by atoms with van der Waals surface area (Å²) < 4.78 is 6.41. The summed E-state index contributed by atoms with van der Waals surface area (Å²) in [5.41, 5.74) is 1.33. The van der Waals surface area contributed by atoms with Crippen molar-refractivity contribution >= 4 is 33.2 Å². The molecule has 0 radical (unpaired) electrons. The maximum Gasteiger partial charge on any atom is 0.264 e. The molecule has 0 saturated carbocycles. The number of thiazole rings is 1. The Morgan fingerprint density at radius 3 is 2.80 bits per heavy atom. The van der Waals surface area contributed by atoms with Crippen LogP contribution in [-0.2, 0) is 0 Å². The number of aromatic nitrogens is 1. The molecule has 1 N–H and O–H groups in total. The highest BCUT2D eigenvalue weighted by Crippen LogP contribution is 2.29. The molecule has 0 aliphatic carbocycles. The van der Waals surface area contributed by atoms with Gasteiger partial charge in [0.2, 0.25) is 0 Å². The van der Waals surface area contributed by atoms with E-state index in [0.717, 1.165) is 10.2 Å². The Bertz CT molecular complexity index is 971. The molecule has 2 aromatic heterocycles. The number of furan rings is 1. The minimum Gasteiger partial charge on any atom is -0.459 e. The fraction of sp³-hybridized carbons (Fsp3) is 0.167. The fourth-order valence-corrected chi connectivity index (χ4v) is 3.68. The van der Waals surface area contributed by atoms with E-state index in [0.29, 0.717) is 26.9 Å². The highest BCUT2D eigenvalue weighted by molar-refractivity contribution is 9.10. The molecule has 126 valence electrons. The molecule has 0 bridgehead atoms. The zero-order chi connectivity index (χ0) is 18.0. The topological polar surface area (TPSA) is 78.9 Å². The summed E-state index contributed by atoms with van der Waals surface area (Å²) in [6.07, 6.45) is 0. The van der Waals surface area contributed by atoms with E-state index in [1.165, 1.54) is 11.3 Å². The summed E-state index contributed by atoms with van der Waals surface area (Å²) in [6.45, 7) is 3.62. The van der Waals surface area contributed by atoms with Gasteiger partial charge in [0.15, 0.2) is 10.8 Å². The first-order valence-electron chi connectivity index (χ1n) is 7.48. The molecular formula is C18H14BrN3O2S. The summed E-state index contributed by atoms with van der Waals surface area (Å²) in [6, 6.07) is 12.4. The predicted octanol–water partition coefficient (Wildman–Crippen LogP) is 4.78. The van der Waals surface area contributed by atoms with Crippen molar-refractivity contribution in [1.82, 2.24) is 10.3 Å². The van der Waals surface area contributed by atoms with Crippen molar-refractivity contribution in [1.29, 1.82) is 5.26 Å². The lowest BCUT2D eigenvalue weighted by Gasteiger charge is -2.11. The summed E-state index contributed by atoms with van der Waals surface area (Å²) in [5.74, 6) is 1.09. The molecule has 2 heterocycles. The Morgan fingerprint density at radius 2 is 2.16 bits per heavy atom. The largest absolute Gasteiger partial charge is 0.459 e. The minimum atomic E-state index is -0.735. The zero-order valence-corrected chi connectivity index (χ0v) is 15.9. The average Bonchev–Trinajstić information content (AvgIpc) is 3.18. The van der Waals surface area contributed by atoms with Gasteiger partial charge in [0, 0.05) is 4.47 Å². The number of rotatable bonds is 4. The lowest BCUT2D eigenvalue weighted by Crippen LogP contribution is -2.27. The van der Waals surface area contributed by atoms with Gasteiger partial charge in [0.05, 0.1) is 11.8 Å². The number of aryl methyl sites for hydroxylation is 2. The standard InChI is InChI=1S/C18H14BrN3O2S/c1-10-6-7-15(24-10)18-21-11(2)16(25-18)17(23)22-14(9-20)12-4-3-5-13(19)8-12/h3-8,14H,1-2H3,(H,22,23). The molecule has 0 aliphatic heterocycles. The Morgan fingerprint density at radius 1 is 1.36 bits per heavy atom. The third-order valence-corrected chi connectivity index (χ3v) is 5.20. The van der Waals surface area contributed by atoms with Crippen LogP contribution >= 0.6 is 27.3 Å². The van der Waals surface area contributed by atoms with Gasteiger partial charge >= 0.3 is 0 Å². The monoisotopic (exact) mass is 415 g/mol. The van der Waals surface area contributed by atoms with Gasteiger partial charge in [-0.25, -0.2) is 4.98 Å². The van der Waals surface area contributed by atoms with E-state index in [9.17, 15) is 10.1 Å². The predicted molar refractivity (Wildman–Crippen MR) is 99.3 cm³/mol. The van der Waals surface area contributed by atoms with Crippen LogP contribution in [0.25, 0.3) is 10.8 Å². The van der Waals surface area contributed by atoms with Crippen LogP contribution in [0, 0.1) is 25.2 Å². The maximum absolute atomic E-state index is 12.6. The number of halogens is 1. The van der Waals surface area contributed by atoms with Gasteiger partial charge in [-0.1, -0.05) is 28.1 Å². The first-order chi connectivity index (χ1) is 12.0. The van der Waals surface area contributed by atoms with Gasteiger partial charge in [-0.05, 0) is 43.7 Å². The molecule has 0 spiro atoms. The molecule has 7 heteroatoms. The van der Waals surface area contributed by atoms with Crippen molar-refractivity contribution in [2.45, 2.75) is 19.9 Å². The SMILES string of the molecule is Cc1ccc(-c2nc(C)c(C(=O)NC(C#N)c3cccc(Br)c3)s2)o1. The van der Waals surface area contributed by atoms with Crippen molar-refractivity contribution < 1.29 is 9.21 Å². The molecule has 1 unspecified atom stereocenters. The summed E-state index contributed by atoms with van der Waals surface area (Å²) in [7, 11) is 0. The number of nitrogens with zero attached hydrogens (tertiary/aromatic N) is 2. The van der Waals surface area contributed by atoms with E-state index in [2.05, 4.69) is 32.3 Å². The van der Waals surface area contributed by atoms with Crippen LogP contribution in [0.15, 0.2) is 45.3 Å². The van der Waals surface area contributed by atoms with E-state index >= 15 is 0 Å². The fourth-order valence-electron chi connectivity index (χ4n) is 2.33. The van der Waals surface area contributed by atoms with Gasteiger partial charge in [0.25, 0.3) is 5.91 Å². The highest BCUT2D eigenvalue weighted by atomic mass is 79.9. The Hall–Kier alpha value is -2.43. The van der Waals surface area contributed by atoms with Crippen LogP contribution < -0.4 is 5.32 Å². The van der Waals surface area contributed by atoms with Crippen LogP contribution in [0.5, 0.6) is 0 Å².